The maximum absolute atomic E-state index is 12.5. The van der Waals surface area contributed by atoms with E-state index in [-0.39, 0.29) is 17.9 Å². The zero-order valence-corrected chi connectivity index (χ0v) is 11.3. The van der Waals surface area contributed by atoms with Crippen molar-refractivity contribution in [3.05, 3.63) is 35.9 Å². The van der Waals surface area contributed by atoms with Crippen molar-refractivity contribution in [1.82, 2.24) is 4.90 Å². The lowest BCUT2D eigenvalue weighted by atomic mass is 9.99. The number of morpholine rings is 1. The van der Waals surface area contributed by atoms with E-state index in [0.29, 0.717) is 25.6 Å². The summed E-state index contributed by atoms with van der Waals surface area (Å²) in [4.78, 5) is 14.3. The molecule has 1 amide bonds. The zero-order chi connectivity index (χ0) is 13.0. The minimum absolute atomic E-state index is 0.000853. The first kappa shape index (κ1) is 13.4. The summed E-state index contributed by atoms with van der Waals surface area (Å²) in [7, 11) is 0. The van der Waals surface area contributed by atoms with Crippen LogP contribution in [0.4, 0.5) is 0 Å². The molecule has 1 aromatic carbocycles. The van der Waals surface area contributed by atoms with Crippen LogP contribution >= 0.6 is 11.6 Å². The first-order valence-electron chi connectivity index (χ1n) is 6.23. The molecule has 0 bridgehead atoms. The molecule has 2 rings (SSSR count). The van der Waals surface area contributed by atoms with E-state index in [1.165, 1.54) is 0 Å². The highest BCUT2D eigenvalue weighted by Crippen LogP contribution is 2.20. The Bertz CT molecular complexity index is 396. The van der Waals surface area contributed by atoms with Crippen molar-refractivity contribution in [2.75, 3.05) is 25.6 Å². The average molecular weight is 268 g/mol. The predicted molar refractivity (Wildman–Crippen MR) is 71.9 cm³/mol. The van der Waals surface area contributed by atoms with Crippen molar-refractivity contribution in [3.63, 3.8) is 0 Å². The Morgan fingerprint density at radius 2 is 2.22 bits per heavy atom. The van der Waals surface area contributed by atoms with Crippen LogP contribution in [0.1, 0.15) is 18.4 Å². The van der Waals surface area contributed by atoms with Crippen LogP contribution in [0.15, 0.2) is 30.3 Å². The number of rotatable bonds is 3. The van der Waals surface area contributed by atoms with Gasteiger partial charge in [-0.2, -0.15) is 0 Å². The lowest BCUT2D eigenvalue weighted by Crippen LogP contribution is -2.50. The number of alkyl halides is 1. The summed E-state index contributed by atoms with van der Waals surface area (Å²) in [5, 5.41) is 0. The Balaban J connectivity index is 2.10. The number of benzene rings is 1. The molecule has 0 aromatic heterocycles. The standard InChI is InChI=1S/C14H18ClNO2/c1-11(12-5-3-2-4-6-12)14(17)16-7-8-18-10-13(16)9-15/h2-6,11,13H,7-10H2,1H3. The third-order valence-electron chi connectivity index (χ3n) is 3.36. The lowest BCUT2D eigenvalue weighted by molar-refractivity contribution is -0.140. The lowest BCUT2D eigenvalue weighted by Gasteiger charge is -2.36. The number of hydrogen-bond donors (Lipinski definition) is 0. The Morgan fingerprint density at radius 1 is 1.50 bits per heavy atom. The topological polar surface area (TPSA) is 29.5 Å². The Labute approximate surface area is 113 Å². The predicted octanol–water partition coefficient (Wildman–Crippen LogP) is 2.26. The van der Waals surface area contributed by atoms with Gasteiger partial charge in [0.2, 0.25) is 5.91 Å². The van der Waals surface area contributed by atoms with E-state index in [9.17, 15) is 4.79 Å². The molecule has 1 heterocycles. The van der Waals surface area contributed by atoms with Crippen LogP contribution in [0.25, 0.3) is 0 Å². The van der Waals surface area contributed by atoms with Crippen molar-refractivity contribution in [2.45, 2.75) is 18.9 Å². The molecule has 4 heteroatoms. The van der Waals surface area contributed by atoms with Crippen LogP contribution in [-0.4, -0.2) is 42.5 Å². The molecule has 0 radical (unpaired) electrons. The van der Waals surface area contributed by atoms with Crippen molar-refractivity contribution < 1.29 is 9.53 Å². The van der Waals surface area contributed by atoms with Crippen LogP contribution < -0.4 is 0 Å². The molecular weight excluding hydrogens is 250 g/mol. The van der Waals surface area contributed by atoms with Crippen LogP contribution in [0.2, 0.25) is 0 Å². The SMILES string of the molecule is CC(C(=O)N1CCOCC1CCl)c1ccccc1. The summed E-state index contributed by atoms with van der Waals surface area (Å²) in [5.74, 6) is 0.429. The number of halogens is 1. The van der Waals surface area contributed by atoms with Gasteiger partial charge in [0.05, 0.1) is 25.2 Å². The number of nitrogens with zero attached hydrogens (tertiary/aromatic N) is 1. The quantitative estimate of drug-likeness (QED) is 0.787. The van der Waals surface area contributed by atoms with Crippen molar-refractivity contribution in [2.24, 2.45) is 0 Å². The van der Waals surface area contributed by atoms with E-state index in [2.05, 4.69) is 0 Å². The summed E-state index contributed by atoms with van der Waals surface area (Å²) < 4.78 is 5.36. The van der Waals surface area contributed by atoms with Gasteiger partial charge in [-0.1, -0.05) is 30.3 Å². The Morgan fingerprint density at radius 3 is 2.89 bits per heavy atom. The normalized spacial score (nSPS) is 21.7. The van der Waals surface area contributed by atoms with E-state index in [4.69, 9.17) is 16.3 Å². The maximum Gasteiger partial charge on any atom is 0.230 e. The van der Waals surface area contributed by atoms with E-state index in [1.54, 1.807) is 0 Å². The molecule has 0 saturated carbocycles. The van der Waals surface area contributed by atoms with Gasteiger partial charge in [-0.15, -0.1) is 11.6 Å². The Kier molecular flexibility index (Phi) is 4.61. The van der Waals surface area contributed by atoms with E-state index in [0.717, 1.165) is 5.56 Å². The van der Waals surface area contributed by atoms with Crippen LogP contribution in [0.3, 0.4) is 0 Å². The fraction of sp³-hybridized carbons (Fsp3) is 0.500. The van der Waals surface area contributed by atoms with Gasteiger partial charge >= 0.3 is 0 Å². The third kappa shape index (κ3) is 2.85. The van der Waals surface area contributed by atoms with Crippen LogP contribution in [-0.2, 0) is 9.53 Å². The van der Waals surface area contributed by atoms with Gasteiger partial charge in [-0.05, 0) is 12.5 Å². The molecular formula is C14H18ClNO2. The van der Waals surface area contributed by atoms with Crippen LogP contribution in [0, 0.1) is 0 Å². The zero-order valence-electron chi connectivity index (χ0n) is 10.5. The molecule has 2 unspecified atom stereocenters. The minimum atomic E-state index is -0.130. The average Bonchev–Trinajstić information content (AvgIpc) is 2.46. The number of ether oxygens (including phenoxy) is 1. The molecule has 0 aliphatic carbocycles. The largest absolute Gasteiger partial charge is 0.377 e. The molecule has 0 N–H and O–H groups in total. The summed E-state index contributed by atoms with van der Waals surface area (Å²) in [6.45, 7) is 3.71. The van der Waals surface area contributed by atoms with E-state index < -0.39 is 0 Å². The number of hydrogen-bond acceptors (Lipinski definition) is 2. The molecule has 0 spiro atoms. The molecule has 98 valence electrons. The van der Waals surface area contributed by atoms with Crippen molar-refractivity contribution in [3.8, 4) is 0 Å². The van der Waals surface area contributed by atoms with Gasteiger partial charge in [0.1, 0.15) is 0 Å². The van der Waals surface area contributed by atoms with Crippen LogP contribution in [0.5, 0.6) is 0 Å². The summed E-state index contributed by atoms with van der Waals surface area (Å²) in [6, 6.07) is 9.84. The summed E-state index contributed by atoms with van der Waals surface area (Å²) >= 11 is 5.90. The number of carbonyl (C=O) groups excluding carboxylic acids is 1. The number of amides is 1. The molecule has 18 heavy (non-hydrogen) atoms. The van der Waals surface area contributed by atoms with Gasteiger partial charge < -0.3 is 9.64 Å². The highest BCUT2D eigenvalue weighted by molar-refractivity contribution is 6.18. The molecule has 1 aliphatic heterocycles. The summed E-state index contributed by atoms with van der Waals surface area (Å²) in [5.41, 5.74) is 1.04. The highest BCUT2D eigenvalue weighted by atomic mass is 35.5. The monoisotopic (exact) mass is 267 g/mol. The summed E-state index contributed by atoms with van der Waals surface area (Å²) in [6.07, 6.45) is 0. The second-order valence-electron chi connectivity index (χ2n) is 4.55. The first-order chi connectivity index (χ1) is 8.74. The fourth-order valence-corrected chi connectivity index (χ4v) is 2.46. The number of carbonyl (C=O) groups is 1. The van der Waals surface area contributed by atoms with E-state index >= 15 is 0 Å². The van der Waals surface area contributed by atoms with Crippen molar-refractivity contribution >= 4 is 17.5 Å². The molecule has 2 atom stereocenters. The highest BCUT2D eigenvalue weighted by Gasteiger charge is 2.30. The minimum Gasteiger partial charge on any atom is -0.377 e. The van der Waals surface area contributed by atoms with E-state index in [1.807, 2.05) is 42.2 Å². The molecule has 1 aromatic rings. The first-order valence-corrected chi connectivity index (χ1v) is 6.76. The Hall–Kier alpha value is -1.06. The third-order valence-corrected chi connectivity index (χ3v) is 3.71. The van der Waals surface area contributed by atoms with Gasteiger partial charge in [0.15, 0.2) is 0 Å². The van der Waals surface area contributed by atoms with Gasteiger partial charge in [0.25, 0.3) is 0 Å². The fourth-order valence-electron chi connectivity index (χ4n) is 2.21. The second kappa shape index (κ2) is 6.21. The smallest absolute Gasteiger partial charge is 0.230 e. The maximum atomic E-state index is 12.5. The molecule has 1 fully saturated rings. The van der Waals surface area contributed by atoms with Gasteiger partial charge in [0, 0.05) is 12.4 Å². The van der Waals surface area contributed by atoms with Gasteiger partial charge in [-0.25, -0.2) is 0 Å². The van der Waals surface area contributed by atoms with Crippen molar-refractivity contribution in [1.29, 1.82) is 0 Å². The second-order valence-corrected chi connectivity index (χ2v) is 4.86. The molecule has 3 nitrogen and oxygen atoms in total. The molecule has 1 aliphatic rings. The molecule has 1 saturated heterocycles. The van der Waals surface area contributed by atoms with Gasteiger partial charge in [-0.3, -0.25) is 4.79 Å².